The quantitative estimate of drug-likeness (QED) is 0.854. The number of hydrogen-bond donors (Lipinski definition) is 1. The molecule has 3 nitrogen and oxygen atoms in total. The van der Waals surface area contributed by atoms with Gasteiger partial charge in [-0.2, -0.15) is 0 Å². The minimum Gasteiger partial charge on any atom is -0.470 e. The van der Waals surface area contributed by atoms with Crippen molar-refractivity contribution in [3.8, 4) is 5.19 Å². The highest BCUT2D eigenvalue weighted by Crippen LogP contribution is 2.24. The van der Waals surface area contributed by atoms with E-state index in [1.807, 2.05) is 6.92 Å². The van der Waals surface area contributed by atoms with E-state index in [0.29, 0.717) is 0 Å². The number of nitrogens with one attached hydrogen (secondary N) is 1. The summed E-state index contributed by atoms with van der Waals surface area (Å²) < 4.78 is 5.65. The van der Waals surface area contributed by atoms with Crippen LogP contribution < -0.4 is 10.1 Å². The molecule has 0 bridgehead atoms. The monoisotopic (exact) mass is 226 g/mol. The van der Waals surface area contributed by atoms with Crippen LogP contribution in [0.5, 0.6) is 5.19 Å². The van der Waals surface area contributed by atoms with E-state index in [1.54, 1.807) is 11.3 Å². The molecule has 2 rings (SSSR count). The van der Waals surface area contributed by atoms with Crippen molar-refractivity contribution in [1.29, 1.82) is 0 Å². The summed E-state index contributed by atoms with van der Waals surface area (Å²) in [7, 11) is 0. The Hall–Kier alpha value is -0.610. The van der Waals surface area contributed by atoms with Gasteiger partial charge in [0.2, 0.25) is 0 Å². The lowest BCUT2D eigenvalue weighted by molar-refractivity contribution is 0.282. The van der Waals surface area contributed by atoms with Crippen molar-refractivity contribution in [3.63, 3.8) is 0 Å². The average molecular weight is 226 g/mol. The summed E-state index contributed by atoms with van der Waals surface area (Å²) in [5, 5.41) is 4.20. The van der Waals surface area contributed by atoms with Gasteiger partial charge < -0.3 is 10.1 Å². The predicted octanol–water partition coefficient (Wildman–Crippen LogP) is 2.14. The Morgan fingerprint density at radius 2 is 2.40 bits per heavy atom. The maximum atomic E-state index is 5.65. The normalized spacial score (nSPS) is 20.8. The molecule has 0 spiro atoms. The molecule has 1 aromatic rings. The summed E-state index contributed by atoms with van der Waals surface area (Å²) in [5.41, 5.74) is 1.09. The number of aryl methyl sites for hydroxylation is 2. The molecule has 1 aromatic heterocycles. The van der Waals surface area contributed by atoms with Gasteiger partial charge in [0.25, 0.3) is 5.19 Å². The largest absolute Gasteiger partial charge is 0.470 e. The molecule has 1 N–H and O–H groups in total. The molecule has 0 aromatic carbocycles. The Morgan fingerprint density at radius 1 is 1.53 bits per heavy atom. The van der Waals surface area contributed by atoms with E-state index < -0.39 is 0 Å². The molecular weight excluding hydrogens is 208 g/mol. The molecule has 0 radical (unpaired) electrons. The zero-order chi connectivity index (χ0) is 10.7. The van der Waals surface area contributed by atoms with Crippen LogP contribution in [0, 0.1) is 19.8 Å². The predicted molar refractivity (Wildman–Crippen MR) is 62.7 cm³/mol. The van der Waals surface area contributed by atoms with E-state index in [4.69, 9.17) is 4.74 Å². The highest BCUT2D eigenvalue weighted by Gasteiger charge is 2.14. The standard InChI is InChI=1S/C11H18N2OS/c1-8-9(2)15-11(13-8)14-6-4-10-3-5-12-7-10/h10,12H,3-7H2,1-2H3. The molecule has 1 aliphatic heterocycles. The number of thiazole rings is 1. The van der Waals surface area contributed by atoms with E-state index in [-0.39, 0.29) is 0 Å². The van der Waals surface area contributed by atoms with Crippen LogP contribution in [-0.4, -0.2) is 24.7 Å². The first kappa shape index (κ1) is 10.9. The van der Waals surface area contributed by atoms with E-state index in [0.717, 1.165) is 36.4 Å². The topological polar surface area (TPSA) is 34.1 Å². The minimum atomic E-state index is 0.798. The third-order valence-electron chi connectivity index (χ3n) is 2.92. The maximum absolute atomic E-state index is 5.65. The number of ether oxygens (including phenoxy) is 1. The smallest absolute Gasteiger partial charge is 0.273 e. The number of rotatable bonds is 4. The van der Waals surface area contributed by atoms with Crippen molar-refractivity contribution in [2.75, 3.05) is 19.7 Å². The summed E-state index contributed by atoms with van der Waals surface area (Å²) in [5.74, 6) is 0.798. The summed E-state index contributed by atoms with van der Waals surface area (Å²) in [6.07, 6.45) is 2.43. The van der Waals surface area contributed by atoms with Crippen LogP contribution in [0.25, 0.3) is 0 Å². The Kier molecular flexibility index (Phi) is 3.59. The average Bonchev–Trinajstić information content (AvgIpc) is 2.79. The molecule has 0 aliphatic carbocycles. The van der Waals surface area contributed by atoms with Crippen LogP contribution in [0.4, 0.5) is 0 Å². The molecule has 1 unspecified atom stereocenters. The van der Waals surface area contributed by atoms with Crippen molar-refractivity contribution >= 4 is 11.3 Å². The number of hydrogen-bond acceptors (Lipinski definition) is 4. The second-order valence-electron chi connectivity index (χ2n) is 4.12. The lowest BCUT2D eigenvalue weighted by Crippen LogP contribution is -2.11. The molecule has 1 aliphatic rings. The fraction of sp³-hybridized carbons (Fsp3) is 0.727. The minimum absolute atomic E-state index is 0.798. The molecule has 84 valence electrons. The molecule has 0 amide bonds. The van der Waals surface area contributed by atoms with Crippen LogP contribution in [0.3, 0.4) is 0 Å². The number of nitrogens with zero attached hydrogens (tertiary/aromatic N) is 1. The van der Waals surface area contributed by atoms with Crippen molar-refractivity contribution in [2.24, 2.45) is 5.92 Å². The Morgan fingerprint density at radius 3 is 3.00 bits per heavy atom. The van der Waals surface area contributed by atoms with Crippen LogP contribution >= 0.6 is 11.3 Å². The van der Waals surface area contributed by atoms with E-state index >= 15 is 0 Å². The van der Waals surface area contributed by atoms with Crippen LogP contribution in [0.2, 0.25) is 0 Å². The number of aromatic nitrogens is 1. The molecule has 1 saturated heterocycles. The van der Waals surface area contributed by atoms with Crippen LogP contribution in [0.1, 0.15) is 23.4 Å². The van der Waals surface area contributed by atoms with E-state index in [2.05, 4.69) is 17.2 Å². The Balaban J connectivity index is 1.73. The lowest BCUT2D eigenvalue weighted by Gasteiger charge is -2.07. The summed E-state index contributed by atoms with van der Waals surface area (Å²) in [4.78, 5) is 5.61. The second kappa shape index (κ2) is 4.94. The van der Waals surface area contributed by atoms with E-state index in [1.165, 1.54) is 17.8 Å². The molecular formula is C11H18N2OS. The van der Waals surface area contributed by atoms with Gasteiger partial charge in [-0.1, -0.05) is 11.3 Å². The third-order valence-corrected chi connectivity index (χ3v) is 3.91. The molecule has 15 heavy (non-hydrogen) atoms. The molecule has 1 fully saturated rings. The van der Waals surface area contributed by atoms with Crippen molar-refractivity contribution < 1.29 is 4.74 Å². The van der Waals surface area contributed by atoms with Gasteiger partial charge in [-0.15, -0.1) is 0 Å². The summed E-state index contributed by atoms with van der Waals surface area (Å²) >= 11 is 1.65. The molecule has 0 saturated carbocycles. The second-order valence-corrected chi connectivity index (χ2v) is 5.28. The lowest BCUT2D eigenvalue weighted by atomic mass is 10.1. The van der Waals surface area contributed by atoms with Gasteiger partial charge in [0.05, 0.1) is 12.3 Å². The highest BCUT2D eigenvalue weighted by molar-refractivity contribution is 7.13. The molecule has 4 heteroatoms. The van der Waals surface area contributed by atoms with Crippen molar-refractivity contribution in [2.45, 2.75) is 26.7 Å². The van der Waals surface area contributed by atoms with Gasteiger partial charge >= 0.3 is 0 Å². The first-order chi connectivity index (χ1) is 7.25. The molecule has 2 heterocycles. The fourth-order valence-electron chi connectivity index (χ4n) is 1.78. The summed E-state index contributed by atoms with van der Waals surface area (Å²) in [6.45, 7) is 7.23. The molecule has 1 atom stereocenters. The third kappa shape index (κ3) is 2.92. The first-order valence-electron chi connectivity index (χ1n) is 5.53. The zero-order valence-corrected chi connectivity index (χ0v) is 10.2. The van der Waals surface area contributed by atoms with Crippen LogP contribution in [0.15, 0.2) is 0 Å². The summed E-state index contributed by atoms with van der Waals surface area (Å²) in [6, 6.07) is 0. The Labute approximate surface area is 94.9 Å². The van der Waals surface area contributed by atoms with Gasteiger partial charge in [-0.3, -0.25) is 0 Å². The van der Waals surface area contributed by atoms with Crippen molar-refractivity contribution in [3.05, 3.63) is 10.6 Å². The van der Waals surface area contributed by atoms with Gasteiger partial charge in [0, 0.05) is 4.88 Å². The van der Waals surface area contributed by atoms with Crippen LogP contribution in [-0.2, 0) is 0 Å². The van der Waals surface area contributed by atoms with Crippen molar-refractivity contribution in [1.82, 2.24) is 10.3 Å². The van der Waals surface area contributed by atoms with Gasteiger partial charge in [-0.25, -0.2) is 4.98 Å². The van der Waals surface area contributed by atoms with Gasteiger partial charge in [0.15, 0.2) is 0 Å². The van der Waals surface area contributed by atoms with Gasteiger partial charge in [0.1, 0.15) is 0 Å². The highest BCUT2D eigenvalue weighted by atomic mass is 32.1. The van der Waals surface area contributed by atoms with Gasteiger partial charge in [-0.05, 0) is 45.7 Å². The maximum Gasteiger partial charge on any atom is 0.273 e. The Bertz CT molecular complexity index is 299. The zero-order valence-electron chi connectivity index (χ0n) is 9.38. The first-order valence-corrected chi connectivity index (χ1v) is 6.35. The van der Waals surface area contributed by atoms with E-state index in [9.17, 15) is 0 Å². The SMILES string of the molecule is Cc1nc(OCCC2CCNC2)sc1C. The fourth-order valence-corrected chi connectivity index (χ4v) is 2.56.